The van der Waals surface area contributed by atoms with E-state index in [2.05, 4.69) is 19.2 Å². The van der Waals surface area contributed by atoms with Gasteiger partial charge in [0.25, 0.3) is 0 Å². The number of likely N-dealkylation sites (N-methyl/N-ethyl adjacent to an activating group) is 1. The molecule has 94 valence electrons. The standard InChI is InChI=1S/C11H22N2O3/c1-5-9(6-2)8(3)12-11(16)13(4)7-10(14)15/h8-9H,5-7H2,1-4H3,(H,12,16)(H,14,15). The molecule has 0 aliphatic heterocycles. The monoisotopic (exact) mass is 230 g/mol. The minimum atomic E-state index is -1.01. The van der Waals surface area contributed by atoms with Crippen LogP contribution in [0.1, 0.15) is 33.6 Å². The van der Waals surface area contributed by atoms with Crippen LogP contribution in [0.25, 0.3) is 0 Å². The average Bonchev–Trinajstić information content (AvgIpc) is 2.18. The molecule has 0 aromatic heterocycles. The lowest BCUT2D eigenvalue weighted by molar-refractivity contribution is -0.137. The van der Waals surface area contributed by atoms with Crippen LogP contribution in [-0.4, -0.2) is 41.6 Å². The average molecular weight is 230 g/mol. The Morgan fingerprint density at radius 2 is 1.81 bits per heavy atom. The van der Waals surface area contributed by atoms with Crippen LogP contribution in [0.3, 0.4) is 0 Å². The van der Waals surface area contributed by atoms with Gasteiger partial charge in [-0.3, -0.25) is 4.79 Å². The van der Waals surface area contributed by atoms with Gasteiger partial charge in [-0.1, -0.05) is 26.7 Å². The zero-order chi connectivity index (χ0) is 12.7. The first kappa shape index (κ1) is 14.7. The molecule has 0 aromatic carbocycles. The maximum Gasteiger partial charge on any atom is 0.323 e. The summed E-state index contributed by atoms with van der Waals surface area (Å²) in [6, 6.07) is -0.263. The van der Waals surface area contributed by atoms with Gasteiger partial charge < -0.3 is 15.3 Å². The summed E-state index contributed by atoms with van der Waals surface area (Å²) < 4.78 is 0. The summed E-state index contributed by atoms with van der Waals surface area (Å²) in [5, 5.41) is 11.4. The van der Waals surface area contributed by atoms with Crippen LogP contribution in [-0.2, 0) is 4.79 Å². The van der Waals surface area contributed by atoms with Gasteiger partial charge >= 0.3 is 12.0 Å². The van der Waals surface area contributed by atoms with Gasteiger partial charge in [0.1, 0.15) is 6.54 Å². The molecule has 0 aliphatic rings. The molecule has 0 aromatic rings. The predicted octanol–water partition coefficient (Wildman–Crippen LogP) is 1.54. The first-order valence-electron chi connectivity index (χ1n) is 5.65. The molecule has 0 spiro atoms. The Morgan fingerprint density at radius 1 is 1.31 bits per heavy atom. The van der Waals surface area contributed by atoms with Crippen molar-refractivity contribution in [1.29, 1.82) is 0 Å². The normalized spacial score (nSPS) is 12.3. The quantitative estimate of drug-likeness (QED) is 0.727. The van der Waals surface area contributed by atoms with Crippen LogP contribution in [0, 0.1) is 5.92 Å². The van der Waals surface area contributed by atoms with E-state index in [0.29, 0.717) is 5.92 Å². The van der Waals surface area contributed by atoms with Crippen molar-refractivity contribution in [3.63, 3.8) is 0 Å². The zero-order valence-electron chi connectivity index (χ0n) is 10.5. The molecule has 0 saturated carbocycles. The molecule has 0 radical (unpaired) electrons. The van der Waals surface area contributed by atoms with E-state index in [1.54, 1.807) is 0 Å². The Balaban J connectivity index is 4.17. The van der Waals surface area contributed by atoms with Crippen LogP contribution in [0.15, 0.2) is 0 Å². The highest BCUT2D eigenvalue weighted by molar-refractivity contribution is 5.79. The molecule has 5 nitrogen and oxygen atoms in total. The Morgan fingerprint density at radius 3 is 2.19 bits per heavy atom. The number of urea groups is 1. The zero-order valence-corrected chi connectivity index (χ0v) is 10.5. The van der Waals surface area contributed by atoms with E-state index in [0.717, 1.165) is 12.8 Å². The molecule has 0 fully saturated rings. The second kappa shape index (κ2) is 7.09. The maximum absolute atomic E-state index is 11.6. The Kier molecular flexibility index (Phi) is 6.53. The molecule has 0 heterocycles. The number of nitrogens with zero attached hydrogens (tertiary/aromatic N) is 1. The summed E-state index contributed by atoms with van der Waals surface area (Å²) in [5.74, 6) is -0.574. The fraction of sp³-hybridized carbons (Fsp3) is 0.818. The summed E-state index contributed by atoms with van der Waals surface area (Å²) in [7, 11) is 1.48. The number of hydrogen-bond donors (Lipinski definition) is 2. The van der Waals surface area contributed by atoms with Gasteiger partial charge in [0, 0.05) is 13.1 Å². The molecule has 0 saturated heterocycles. The molecule has 1 atom stereocenters. The van der Waals surface area contributed by atoms with Crippen molar-refractivity contribution >= 4 is 12.0 Å². The van der Waals surface area contributed by atoms with Crippen LogP contribution in [0.5, 0.6) is 0 Å². The number of amides is 2. The van der Waals surface area contributed by atoms with Crippen molar-refractivity contribution in [2.45, 2.75) is 39.7 Å². The van der Waals surface area contributed by atoms with Crippen molar-refractivity contribution < 1.29 is 14.7 Å². The number of carbonyl (C=O) groups is 2. The van der Waals surface area contributed by atoms with E-state index < -0.39 is 5.97 Å². The SMILES string of the molecule is CCC(CC)C(C)NC(=O)N(C)CC(=O)O. The van der Waals surface area contributed by atoms with Crippen LogP contribution < -0.4 is 5.32 Å². The van der Waals surface area contributed by atoms with E-state index in [9.17, 15) is 9.59 Å². The van der Waals surface area contributed by atoms with Gasteiger partial charge in [-0.15, -0.1) is 0 Å². The van der Waals surface area contributed by atoms with Gasteiger partial charge in [0.15, 0.2) is 0 Å². The third kappa shape index (κ3) is 5.00. The van der Waals surface area contributed by atoms with Gasteiger partial charge in [-0.25, -0.2) is 4.79 Å². The number of carboxylic acids is 1. The molecule has 0 rings (SSSR count). The minimum Gasteiger partial charge on any atom is -0.480 e. The van der Waals surface area contributed by atoms with Gasteiger partial charge in [0.2, 0.25) is 0 Å². The van der Waals surface area contributed by atoms with Crippen molar-refractivity contribution in [3.8, 4) is 0 Å². The molecular weight excluding hydrogens is 208 g/mol. The summed E-state index contributed by atoms with van der Waals surface area (Å²) in [6.07, 6.45) is 2.00. The molecule has 1 unspecified atom stereocenters. The van der Waals surface area contributed by atoms with Gasteiger partial charge in [0.05, 0.1) is 0 Å². The van der Waals surface area contributed by atoms with Crippen molar-refractivity contribution in [2.75, 3.05) is 13.6 Å². The fourth-order valence-electron chi connectivity index (χ4n) is 1.69. The Bertz CT molecular complexity index is 239. The highest BCUT2D eigenvalue weighted by Gasteiger charge is 2.18. The number of hydrogen-bond acceptors (Lipinski definition) is 2. The number of aliphatic carboxylic acids is 1. The predicted molar refractivity (Wildman–Crippen MR) is 62.3 cm³/mol. The summed E-state index contributed by atoms with van der Waals surface area (Å²) >= 11 is 0. The molecule has 2 N–H and O–H groups in total. The fourth-order valence-corrected chi connectivity index (χ4v) is 1.69. The third-order valence-corrected chi connectivity index (χ3v) is 2.83. The van der Waals surface area contributed by atoms with E-state index in [1.165, 1.54) is 11.9 Å². The first-order chi connectivity index (χ1) is 7.42. The first-order valence-corrected chi connectivity index (χ1v) is 5.65. The smallest absolute Gasteiger partial charge is 0.323 e. The highest BCUT2D eigenvalue weighted by Crippen LogP contribution is 2.12. The van der Waals surface area contributed by atoms with Crippen molar-refractivity contribution in [2.24, 2.45) is 5.92 Å². The lowest BCUT2D eigenvalue weighted by atomic mass is 9.96. The molecule has 0 bridgehead atoms. The van der Waals surface area contributed by atoms with Gasteiger partial charge in [-0.2, -0.15) is 0 Å². The van der Waals surface area contributed by atoms with E-state index in [1.807, 2.05) is 6.92 Å². The van der Waals surface area contributed by atoms with E-state index >= 15 is 0 Å². The summed E-state index contributed by atoms with van der Waals surface area (Å²) in [5.41, 5.74) is 0. The molecule has 0 aliphatic carbocycles. The largest absolute Gasteiger partial charge is 0.480 e. The van der Waals surface area contributed by atoms with Gasteiger partial charge in [-0.05, 0) is 12.8 Å². The molecule has 16 heavy (non-hydrogen) atoms. The molecular formula is C11H22N2O3. The summed E-state index contributed by atoms with van der Waals surface area (Å²) in [4.78, 5) is 23.2. The third-order valence-electron chi connectivity index (χ3n) is 2.83. The highest BCUT2D eigenvalue weighted by atomic mass is 16.4. The lowest BCUT2D eigenvalue weighted by Gasteiger charge is -2.25. The topological polar surface area (TPSA) is 69.6 Å². The minimum absolute atomic E-state index is 0.0683. The summed E-state index contributed by atoms with van der Waals surface area (Å²) in [6.45, 7) is 5.83. The second-order valence-electron chi connectivity index (χ2n) is 4.06. The molecule has 5 heteroatoms. The van der Waals surface area contributed by atoms with E-state index in [4.69, 9.17) is 5.11 Å². The lowest BCUT2D eigenvalue weighted by Crippen LogP contribution is -2.46. The van der Waals surface area contributed by atoms with E-state index in [-0.39, 0.29) is 18.6 Å². The number of carboxylic acid groups (broad SMARTS) is 1. The Hall–Kier alpha value is -1.26. The number of rotatable bonds is 6. The Labute approximate surface area is 96.8 Å². The van der Waals surface area contributed by atoms with Crippen LogP contribution in [0.2, 0.25) is 0 Å². The number of nitrogens with one attached hydrogen (secondary N) is 1. The van der Waals surface area contributed by atoms with Crippen LogP contribution >= 0.6 is 0 Å². The van der Waals surface area contributed by atoms with Crippen molar-refractivity contribution in [3.05, 3.63) is 0 Å². The second-order valence-corrected chi connectivity index (χ2v) is 4.06. The number of carbonyl (C=O) groups excluding carboxylic acids is 1. The maximum atomic E-state index is 11.6. The van der Waals surface area contributed by atoms with Crippen molar-refractivity contribution in [1.82, 2.24) is 10.2 Å². The molecule has 2 amide bonds. The van der Waals surface area contributed by atoms with Crippen LogP contribution in [0.4, 0.5) is 4.79 Å².